The summed E-state index contributed by atoms with van der Waals surface area (Å²) in [5, 5.41) is 0. The molecule has 0 heterocycles. The van der Waals surface area contributed by atoms with Gasteiger partial charge in [-0.25, -0.2) is 0 Å². The number of likely N-dealkylation sites (N-methyl/N-ethyl adjacent to an activating group) is 1. The van der Waals surface area contributed by atoms with Crippen LogP contribution in [0.5, 0.6) is 0 Å². The van der Waals surface area contributed by atoms with E-state index in [4.69, 9.17) is 8.42 Å². The van der Waals surface area contributed by atoms with Crippen LogP contribution < -0.4 is 0 Å². The third-order valence-corrected chi connectivity index (χ3v) is 0.882. The zero-order chi connectivity index (χ0) is 9.11. The first-order valence-corrected chi connectivity index (χ1v) is 3.71. The Hall–Kier alpha value is -0.740. The van der Waals surface area contributed by atoms with Crippen molar-refractivity contribution in [3.63, 3.8) is 0 Å². The maximum Gasteiger partial charge on any atom is 0.335 e. The molecule has 3 nitrogen and oxygen atoms in total. The second-order valence-corrected chi connectivity index (χ2v) is 2.00. The van der Waals surface area contributed by atoms with E-state index in [1.165, 1.54) is 0 Å². The van der Waals surface area contributed by atoms with Crippen molar-refractivity contribution in [2.75, 3.05) is 20.1 Å². The molecule has 0 rings (SSSR count). The Morgan fingerprint density at radius 2 is 1.55 bits per heavy atom. The SMILES string of the molecule is C=CCN(C)CC=C.O=S=O. The van der Waals surface area contributed by atoms with Gasteiger partial charge in [-0.1, -0.05) is 12.2 Å². The third-order valence-electron chi connectivity index (χ3n) is 0.882. The summed E-state index contributed by atoms with van der Waals surface area (Å²) in [5.41, 5.74) is 0. The molecular formula is C7H13NO2S. The van der Waals surface area contributed by atoms with E-state index in [2.05, 4.69) is 18.1 Å². The molecule has 0 saturated heterocycles. The molecule has 0 aromatic heterocycles. The Balaban J connectivity index is 0. The summed E-state index contributed by atoms with van der Waals surface area (Å²) in [6, 6.07) is 0. The summed E-state index contributed by atoms with van der Waals surface area (Å²) in [6.07, 6.45) is 3.76. The average Bonchev–Trinajstić information content (AvgIpc) is 1.90. The molecule has 0 fully saturated rings. The van der Waals surface area contributed by atoms with Crippen LogP contribution >= 0.6 is 0 Å². The molecule has 0 atom stereocenters. The van der Waals surface area contributed by atoms with Crippen molar-refractivity contribution in [1.82, 2.24) is 4.90 Å². The summed E-state index contributed by atoms with van der Waals surface area (Å²) in [4.78, 5) is 2.12. The molecule has 0 spiro atoms. The summed E-state index contributed by atoms with van der Waals surface area (Å²) in [7, 11) is 2.03. The number of hydrogen-bond acceptors (Lipinski definition) is 3. The van der Waals surface area contributed by atoms with Gasteiger partial charge in [-0.2, -0.15) is 8.42 Å². The Bertz CT molecular complexity index is 131. The summed E-state index contributed by atoms with van der Waals surface area (Å²) < 4.78 is 16.6. The van der Waals surface area contributed by atoms with Crippen LogP contribution in [0.3, 0.4) is 0 Å². The average molecular weight is 175 g/mol. The van der Waals surface area contributed by atoms with Gasteiger partial charge in [0.1, 0.15) is 0 Å². The minimum absolute atomic E-state index is 0.750. The van der Waals surface area contributed by atoms with Gasteiger partial charge < -0.3 is 0 Å². The molecule has 0 amide bonds. The fourth-order valence-corrected chi connectivity index (χ4v) is 0.515. The lowest BCUT2D eigenvalue weighted by Crippen LogP contribution is -2.17. The van der Waals surface area contributed by atoms with Crippen LogP contribution in [0.25, 0.3) is 0 Å². The predicted octanol–water partition coefficient (Wildman–Crippen LogP) is 0.620. The van der Waals surface area contributed by atoms with E-state index in [9.17, 15) is 0 Å². The Kier molecular flexibility index (Phi) is 14.1. The van der Waals surface area contributed by atoms with Crippen molar-refractivity contribution >= 4 is 11.6 Å². The minimum atomic E-state index is -0.750. The van der Waals surface area contributed by atoms with Crippen LogP contribution in [0.2, 0.25) is 0 Å². The van der Waals surface area contributed by atoms with Gasteiger partial charge in [-0.05, 0) is 7.05 Å². The van der Waals surface area contributed by atoms with Crippen LogP contribution in [0.1, 0.15) is 0 Å². The van der Waals surface area contributed by atoms with Crippen LogP contribution in [-0.2, 0) is 11.6 Å². The smallest absolute Gasteiger partial charge is 0.299 e. The van der Waals surface area contributed by atoms with E-state index in [1.54, 1.807) is 0 Å². The largest absolute Gasteiger partial charge is 0.335 e. The molecular weight excluding hydrogens is 162 g/mol. The van der Waals surface area contributed by atoms with Crippen molar-refractivity contribution in [3.05, 3.63) is 25.3 Å². The zero-order valence-electron chi connectivity index (χ0n) is 6.66. The highest BCUT2D eigenvalue weighted by Gasteiger charge is 1.86. The lowest BCUT2D eigenvalue weighted by atomic mass is 10.5. The van der Waals surface area contributed by atoms with E-state index in [1.807, 2.05) is 19.2 Å². The first-order valence-electron chi connectivity index (χ1n) is 3.05. The monoisotopic (exact) mass is 175 g/mol. The van der Waals surface area contributed by atoms with E-state index >= 15 is 0 Å². The summed E-state index contributed by atoms with van der Waals surface area (Å²) in [5.74, 6) is 0. The molecule has 0 saturated carbocycles. The van der Waals surface area contributed by atoms with Crippen LogP contribution in [-0.4, -0.2) is 33.5 Å². The molecule has 4 heteroatoms. The fraction of sp³-hybridized carbons (Fsp3) is 0.429. The Morgan fingerprint density at radius 3 is 1.73 bits per heavy atom. The lowest BCUT2D eigenvalue weighted by molar-refractivity contribution is 0.413. The van der Waals surface area contributed by atoms with Crippen molar-refractivity contribution in [2.45, 2.75) is 0 Å². The zero-order valence-corrected chi connectivity index (χ0v) is 7.47. The quantitative estimate of drug-likeness (QED) is 0.588. The van der Waals surface area contributed by atoms with Gasteiger partial charge in [0.2, 0.25) is 0 Å². The highest BCUT2D eigenvalue weighted by atomic mass is 32.1. The standard InChI is InChI=1S/C7H13N.O2S/c1-4-6-8(3)7-5-2;1-3-2/h4-5H,1-2,6-7H2,3H3;. The van der Waals surface area contributed by atoms with Crippen LogP contribution in [0, 0.1) is 0 Å². The summed E-state index contributed by atoms with van der Waals surface area (Å²) in [6.45, 7) is 9.09. The third kappa shape index (κ3) is 17.6. The van der Waals surface area contributed by atoms with Gasteiger partial charge in [-0.3, -0.25) is 4.90 Å². The normalized spacial score (nSPS) is 7.82. The second kappa shape index (κ2) is 12.0. The molecule has 0 N–H and O–H groups in total. The van der Waals surface area contributed by atoms with Crippen LogP contribution in [0.4, 0.5) is 0 Å². The fourth-order valence-electron chi connectivity index (χ4n) is 0.515. The first kappa shape index (κ1) is 12.9. The molecule has 0 radical (unpaired) electrons. The Labute approximate surface area is 71.0 Å². The number of hydrogen-bond donors (Lipinski definition) is 0. The number of nitrogens with zero attached hydrogens (tertiary/aromatic N) is 1. The number of rotatable bonds is 4. The highest BCUT2D eigenvalue weighted by molar-refractivity contribution is 7.51. The van der Waals surface area contributed by atoms with E-state index in [0.29, 0.717) is 0 Å². The molecule has 0 aliphatic heterocycles. The van der Waals surface area contributed by atoms with Crippen molar-refractivity contribution in [1.29, 1.82) is 0 Å². The second-order valence-electron chi connectivity index (χ2n) is 1.87. The van der Waals surface area contributed by atoms with E-state index in [0.717, 1.165) is 13.1 Å². The topological polar surface area (TPSA) is 37.4 Å². The Morgan fingerprint density at radius 1 is 1.27 bits per heavy atom. The van der Waals surface area contributed by atoms with Gasteiger partial charge in [0.15, 0.2) is 0 Å². The maximum atomic E-state index is 8.29. The molecule has 0 aromatic rings. The molecule has 0 aromatic carbocycles. The van der Waals surface area contributed by atoms with Crippen molar-refractivity contribution < 1.29 is 8.42 Å². The molecule has 64 valence electrons. The van der Waals surface area contributed by atoms with Gasteiger partial charge in [-0.15, -0.1) is 13.2 Å². The lowest BCUT2D eigenvalue weighted by Gasteiger charge is -2.09. The van der Waals surface area contributed by atoms with E-state index in [-0.39, 0.29) is 0 Å². The molecule has 0 aliphatic carbocycles. The van der Waals surface area contributed by atoms with E-state index < -0.39 is 11.6 Å². The molecule has 0 bridgehead atoms. The highest BCUT2D eigenvalue weighted by Crippen LogP contribution is 1.80. The predicted molar refractivity (Wildman–Crippen MR) is 46.8 cm³/mol. The summed E-state index contributed by atoms with van der Waals surface area (Å²) >= 11 is -0.750. The van der Waals surface area contributed by atoms with Crippen LogP contribution in [0.15, 0.2) is 25.3 Å². The first-order chi connectivity index (χ1) is 5.22. The maximum absolute atomic E-state index is 8.29. The molecule has 0 unspecified atom stereocenters. The van der Waals surface area contributed by atoms with Crippen molar-refractivity contribution in [2.24, 2.45) is 0 Å². The molecule has 11 heavy (non-hydrogen) atoms. The van der Waals surface area contributed by atoms with Gasteiger partial charge in [0.05, 0.1) is 0 Å². The van der Waals surface area contributed by atoms with Gasteiger partial charge >= 0.3 is 11.6 Å². The molecule has 0 aliphatic rings. The van der Waals surface area contributed by atoms with Crippen molar-refractivity contribution in [3.8, 4) is 0 Å². The van der Waals surface area contributed by atoms with Gasteiger partial charge in [0.25, 0.3) is 0 Å². The van der Waals surface area contributed by atoms with Gasteiger partial charge in [0, 0.05) is 13.1 Å². The minimum Gasteiger partial charge on any atom is -0.299 e.